The maximum atomic E-state index is 11.7. The van der Waals surface area contributed by atoms with Crippen LogP contribution in [0.3, 0.4) is 0 Å². The number of amides is 1. The molecule has 1 aromatic rings. The third kappa shape index (κ3) is 6.88. The van der Waals surface area contributed by atoms with Crippen LogP contribution in [-0.4, -0.2) is 46.7 Å². The fraction of sp³-hybridized carbons (Fsp3) is 0.750. The molecule has 0 saturated heterocycles. The Balaban J connectivity index is 2.36. The van der Waals surface area contributed by atoms with Gasteiger partial charge < -0.3 is 15.4 Å². The van der Waals surface area contributed by atoms with Gasteiger partial charge in [-0.1, -0.05) is 5.21 Å². The third-order valence-corrected chi connectivity index (χ3v) is 2.20. The van der Waals surface area contributed by atoms with Crippen LogP contribution in [0.25, 0.3) is 0 Å². The molecule has 0 unspecified atom stereocenters. The van der Waals surface area contributed by atoms with Crippen LogP contribution < -0.4 is 10.6 Å². The minimum Gasteiger partial charge on any atom is -0.383 e. The van der Waals surface area contributed by atoms with Crippen LogP contribution in [0.5, 0.6) is 0 Å². The van der Waals surface area contributed by atoms with Crippen LogP contribution in [0.1, 0.15) is 26.5 Å². The second-order valence-electron chi connectivity index (χ2n) is 5.38. The number of hydrogen-bond acceptors (Lipinski definition) is 5. The second kappa shape index (κ2) is 7.20. The Hall–Kier alpha value is -1.47. The Morgan fingerprint density at radius 1 is 1.47 bits per heavy atom. The molecule has 7 heteroatoms. The van der Waals surface area contributed by atoms with Crippen LogP contribution in [0.4, 0.5) is 0 Å². The fourth-order valence-electron chi connectivity index (χ4n) is 1.49. The highest BCUT2D eigenvalue weighted by Gasteiger charge is 2.14. The molecule has 7 nitrogen and oxygen atoms in total. The SMILES string of the molecule is COCCNCc1cn(CC(=O)NC(C)(C)C)nn1. The van der Waals surface area contributed by atoms with Gasteiger partial charge in [0.2, 0.25) is 5.91 Å². The Labute approximate surface area is 113 Å². The van der Waals surface area contributed by atoms with E-state index < -0.39 is 0 Å². The number of nitrogens with zero attached hydrogens (tertiary/aromatic N) is 3. The van der Waals surface area contributed by atoms with Gasteiger partial charge in [0.25, 0.3) is 0 Å². The third-order valence-electron chi connectivity index (χ3n) is 2.20. The fourth-order valence-corrected chi connectivity index (χ4v) is 1.49. The van der Waals surface area contributed by atoms with Crippen LogP contribution in [0.2, 0.25) is 0 Å². The predicted octanol–water partition coefficient (Wildman–Crippen LogP) is -0.0712. The molecule has 1 amide bonds. The van der Waals surface area contributed by atoms with Gasteiger partial charge in [-0.15, -0.1) is 5.10 Å². The van der Waals surface area contributed by atoms with Crippen molar-refractivity contribution in [2.75, 3.05) is 20.3 Å². The summed E-state index contributed by atoms with van der Waals surface area (Å²) in [4.78, 5) is 11.7. The predicted molar refractivity (Wildman–Crippen MR) is 71.5 cm³/mol. The Bertz CT molecular complexity index is 397. The lowest BCUT2D eigenvalue weighted by Crippen LogP contribution is -2.42. The molecule has 0 aliphatic heterocycles. The monoisotopic (exact) mass is 269 g/mol. The van der Waals surface area contributed by atoms with Crippen LogP contribution >= 0.6 is 0 Å². The molecule has 0 saturated carbocycles. The highest BCUT2D eigenvalue weighted by atomic mass is 16.5. The van der Waals surface area contributed by atoms with Crippen LogP contribution in [0, 0.1) is 0 Å². The highest BCUT2D eigenvalue weighted by Crippen LogP contribution is 1.99. The number of methoxy groups -OCH3 is 1. The molecule has 19 heavy (non-hydrogen) atoms. The van der Waals surface area contributed by atoms with Gasteiger partial charge in [0, 0.05) is 25.7 Å². The summed E-state index contributed by atoms with van der Waals surface area (Å²) in [6.45, 7) is 8.04. The highest BCUT2D eigenvalue weighted by molar-refractivity contribution is 5.76. The molecule has 0 aliphatic carbocycles. The van der Waals surface area contributed by atoms with Crippen molar-refractivity contribution in [2.45, 2.75) is 39.4 Å². The zero-order valence-electron chi connectivity index (χ0n) is 12.1. The number of aromatic nitrogens is 3. The maximum absolute atomic E-state index is 11.7. The number of carbonyl (C=O) groups excluding carboxylic acids is 1. The first kappa shape index (κ1) is 15.6. The van der Waals surface area contributed by atoms with Gasteiger partial charge in [-0.05, 0) is 20.8 Å². The maximum Gasteiger partial charge on any atom is 0.242 e. The minimum absolute atomic E-state index is 0.0729. The normalized spacial score (nSPS) is 11.6. The molecule has 1 heterocycles. The summed E-state index contributed by atoms with van der Waals surface area (Å²) in [5, 5.41) is 14.0. The topological polar surface area (TPSA) is 81.1 Å². The molecule has 0 bridgehead atoms. The van der Waals surface area contributed by atoms with Crippen molar-refractivity contribution < 1.29 is 9.53 Å². The van der Waals surface area contributed by atoms with E-state index in [0.717, 1.165) is 12.2 Å². The summed E-state index contributed by atoms with van der Waals surface area (Å²) < 4.78 is 6.46. The van der Waals surface area contributed by atoms with E-state index in [0.29, 0.717) is 13.2 Å². The number of nitrogens with one attached hydrogen (secondary N) is 2. The molecule has 0 aromatic carbocycles. The molecular weight excluding hydrogens is 246 g/mol. The summed E-state index contributed by atoms with van der Waals surface area (Å²) in [6, 6.07) is 0. The quantitative estimate of drug-likeness (QED) is 0.677. The molecule has 108 valence electrons. The van der Waals surface area contributed by atoms with Crippen molar-refractivity contribution in [1.82, 2.24) is 25.6 Å². The lowest BCUT2D eigenvalue weighted by molar-refractivity contribution is -0.123. The number of hydrogen-bond donors (Lipinski definition) is 2. The van der Waals surface area contributed by atoms with Crippen molar-refractivity contribution in [3.05, 3.63) is 11.9 Å². The molecule has 0 radical (unpaired) electrons. The molecule has 0 spiro atoms. The summed E-state index contributed by atoms with van der Waals surface area (Å²) >= 11 is 0. The van der Waals surface area contributed by atoms with Crippen molar-refractivity contribution in [2.24, 2.45) is 0 Å². The van der Waals surface area contributed by atoms with Crippen molar-refractivity contribution in [3.63, 3.8) is 0 Å². The Kier molecular flexibility index (Phi) is 5.91. The Morgan fingerprint density at radius 2 is 2.21 bits per heavy atom. The summed E-state index contributed by atoms with van der Waals surface area (Å²) in [5.74, 6) is -0.0729. The van der Waals surface area contributed by atoms with E-state index in [2.05, 4.69) is 20.9 Å². The molecule has 1 rings (SSSR count). The zero-order valence-corrected chi connectivity index (χ0v) is 12.1. The molecular formula is C12H23N5O2. The zero-order chi connectivity index (χ0) is 14.3. The first-order chi connectivity index (χ1) is 8.90. The molecule has 2 N–H and O–H groups in total. The molecule has 0 fully saturated rings. The lowest BCUT2D eigenvalue weighted by atomic mass is 10.1. The molecule has 0 aliphatic rings. The largest absolute Gasteiger partial charge is 0.383 e. The van der Waals surface area contributed by atoms with Crippen molar-refractivity contribution in [1.29, 1.82) is 0 Å². The van der Waals surface area contributed by atoms with Gasteiger partial charge >= 0.3 is 0 Å². The first-order valence-corrected chi connectivity index (χ1v) is 6.30. The van der Waals surface area contributed by atoms with E-state index in [9.17, 15) is 4.79 Å². The second-order valence-corrected chi connectivity index (χ2v) is 5.38. The standard InChI is InChI=1S/C12H23N5O2/c1-12(2,3)14-11(18)9-17-8-10(15-16-17)7-13-5-6-19-4/h8,13H,5-7,9H2,1-4H3,(H,14,18). The Morgan fingerprint density at radius 3 is 2.84 bits per heavy atom. The minimum atomic E-state index is -0.234. The average molecular weight is 269 g/mol. The van der Waals surface area contributed by atoms with E-state index in [4.69, 9.17) is 4.74 Å². The smallest absolute Gasteiger partial charge is 0.242 e. The van der Waals surface area contributed by atoms with Gasteiger partial charge in [-0.2, -0.15) is 0 Å². The van der Waals surface area contributed by atoms with Gasteiger partial charge in [-0.3, -0.25) is 4.79 Å². The van der Waals surface area contributed by atoms with E-state index in [1.54, 1.807) is 13.3 Å². The van der Waals surface area contributed by atoms with Gasteiger partial charge in [0.1, 0.15) is 6.54 Å². The van der Waals surface area contributed by atoms with E-state index in [1.165, 1.54) is 4.68 Å². The summed E-state index contributed by atoms with van der Waals surface area (Å²) in [7, 11) is 1.66. The summed E-state index contributed by atoms with van der Waals surface area (Å²) in [6.07, 6.45) is 1.77. The molecule has 0 atom stereocenters. The number of ether oxygens (including phenoxy) is 1. The van der Waals surface area contributed by atoms with E-state index in [1.807, 2.05) is 20.8 Å². The summed E-state index contributed by atoms with van der Waals surface area (Å²) in [5.41, 5.74) is 0.571. The van der Waals surface area contributed by atoms with E-state index >= 15 is 0 Å². The first-order valence-electron chi connectivity index (χ1n) is 6.30. The van der Waals surface area contributed by atoms with Gasteiger partial charge in [0.05, 0.1) is 18.5 Å². The average Bonchev–Trinajstić information content (AvgIpc) is 2.69. The van der Waals surface area contributed by atoms with Crippen LogP contribution in [-0.2, 0) is 22.6 Å². The number of rotatable bonds is 7. The lowest BCUT2D eigenvalue weighted by Gasteiger charge is -2.20. The molecule has 1 aromatic heterocycles. The van der Waals surface area contributed by atoms with Gasteiger partial charge in [0.15, 0.2) is 0 Å². The van der Waals surface area contributed by atoms with Crippen molar-refractivity contribution >= 4 is 5.91 Å². The van der Waals surface area contributed by atoms with E-state index in [-0.39, 0.29) is 18.0 Å². The van der Waals surface area contributed by atoms with Crippen LogP contribution in [0.15, 0.2) is 6.20 Å². The van der Waals surface area contributed by atoms with Crippen molar-refractivity contribution in [3.8, 4) is 0 Å². The number of carbonyl (C=O) groups is 1. The van der Waals surface area contributed by atoms with Gasteiger partial charge in [-0.25, -0.2) is 4.68 Å².